The zero-order valence-electron chi connectivity index (χ0n) is 24.1. The fourth-order valence-corrected chi connectivity index (χ4v) is 5.81. The maximum Gasteiger partial charge on any atom is 0.250 e. The number of piperidine rings is 1. The highest BCUT2D eigenvalue weighted by molar-refractivity contribution is 6.32. The van der Waals surface area contributed by atoms with Gasteiger partial charge in [0.05, 0.1) is 18.1 Å². The molecule has 2 amide bonds. The molecule has 222 valence electrons. The van der Waals surface area contributed by atoms with Gasteiger partial charge < -0.3 is 20.9 Å². The molecule has 0 unspecified atom stereocenters. The number of hydrogen-bond acceptors (Lipinski definition) is 8. The van der Waals surface area contributed by atoms with Crippen molar-refractivity contribution in [2.75, 3.05) is 36.1 Å². The van der Waals surface area contributed by atoms with Gasteiger partial charge >= 0.3 is 0 Å². The van der Waals surface area contributed by atoms with Crippen LogP contribution in [0.25, 0.3) is 0 Å². The minimum atomic E-state index is -0.0151. The number of anilines is 5. The Morgan fingerprint density at radius 1 is 1.07 bits per heavy atom. The zero-order chi connectivity index (χ0) is 29.8. The van der Waals surface area contributed by atoms with Gasteiger partial charge in [-0.05, 0) is 91.8 Å². The fourth-order valence-electron chi connectivity index (χ4n) is 5.67. The molecule has 4 heterocycles. The molecule has 3 aromatic rings. The fraction of sp³-hybridized carbons (Fsp3) is 0.375. The quantitative estimate of drug-likeness (QED) is 0.245. The van der Waals surface area contributed by atoms with E-state index in [4.69, 9.17) is 11.6 Å². The standard InChI is InChI=1S/C32H35ClN8O2/c1-34-11-8-26(22-4-5-22)31(43)41-12-9-20(10-13-41)15-29(42)39-28-7-6-24-16-23(28)3-2-21-14-25(18-35-17-21)38-32-36-19-27(33)30(37-24)40-32/h6-8,11,14,16-20,22H,2-5,9-10,12-13,15H2,1H3,(H,39,42)(H2,36,37,38,40)/b26-8+,34-11?. The molecular formula is C32H35ClN8O2. The molecular weight excluding hydrogens is 564 g/mol. The van der Waals surface area contributed by atoms with Crippen LogP contribution in [0, 0.1) is 11.8 Å². The van der Waals surface area contributed by atoms with Crippen molar-refractivity contribution in [2.45, 2.75) is 44.9 Å². The molecule has 0 spiro atoms. The Kier molecular flexibility index (Phi) is 8.64. The number of amides is 2. The highest BCUT2D eigenvalue weighted by Gasteiger charge is 2.34. The van der Waals surface area contributed by atoms with Crippen LogP contribution < -0.4 is 16.0 Å². The van der Waals surface area contributed by atoms with Gasteiger partial charge in [-0.25, -0.2) is 4.98 Å². The van der Waals surface area contributed by atoms with E-state index in [-0.39, 0.29) is 17.7 Å². The van der Waals surface area contributed by atoms with Crippen molar-refractivity contribution in [3.05, 3.63) is 70.7 Å². The van der Waals surface area contributed by atoms with Crippen LogP contribution in [0.2, 0.25) is 5.02 Å². The predicted molar refractivity (Wildman–Crippen MR) is 169 cm³/mol. The predicted octanol–water partition coefficient (Wildman–Crippen LogP) is 5.72. The van der Waals surface area contributed by atoms with E-state index in [1.807, 2.05) is 41.4 Å². The summed E-state index contributed by atoms with van der Waals surface area (Å²) in [5.74, 6) is 1.60. The van der Waals surface area contributed by atoms with Crippen LogP contribution in [-0.2, 0) is 22.4 Å². The number of fused-ring (bicyclic) bond motifs is 6. The summed E-state index contributed by atoms with van der Waals surface area (Å²) in [6.45, 7) is 1.34. The number of carbonyl (C=O) groups is 2. The number of nitrogens with one attached hydrogen (secondary N) is 3. The molecule has 10 nitrogen and oxygen atoms in total. The molecule has 43 heavy (non-hydrogen) atoms. The zero-order valence-corrected chi connectivity index (χ0v) is 24.9. The first-order chi connectivity index (χ1) is 20.9. The molecule has 3 aliphatic rings. The third-order valence-electron chi connectivity index (χ3n) is 8.16. The Labute approximate surface area is 256 Å². The van der Waals surface area contributed by atoms with E-state index in [1.54, 1.807) is 25.7 Å². The first kappa shape index (κ1) is 28.8. The van der Waals surface area contributed by atoms with Crippen LogP contribution in [0.5, 0.6) is 0 Å². The average Bonchev–Trinajstić information content (AvgIpc) is 3.84. The van der Waals surface area contributed by atoms with E-state index in [9.17, 15) is 9.59 Å². The van der Waals surface area contributed by atoms with Crippen LogP contribution in [0.4, 0.5) is 28.8 Å². The maximum absolute atomic E-state index is 13.2. The number of aromatic nitrogens is 3. The average molecular weight is 599 g/mol. The highest BCUT2D eigenvalue weighted by atomic mass is 35.5. The smallest absolute Gasteiger partial charge is 0.250 e. The summed E-state index contributed by atoms with van der Waals surface area (Å²) in [6.07, 6.45) is 14.3. The molecule has 0 radical (unpaired) electrons. The summed E-state index contributed by atoms with van der Waals surface area (Å²) in [5.41, 5.74) is 5.30. The molecule has 1 aliphatic carbocycles. The number of aryl methyl sites for hydroxylation is 2. The highest BCUT2D eigenvalue weighted by Crippen LogP contribution is 2.38. The van der Waals surface area contributed by atoms with Crippen molar-refractivity contribution in [2.24, 2.45) is 16.8 Å². The van der Waals surface area contributed by atoms with Gasteiger partial charge in [-0.3, -0.25) is 19.6 Å². The Balaban J connectivity index is 1.12. The van der Waals surface area contributed by atoms with E-state index in [0.29, 0.717) is 48.6 Å². The van der Waals surface area contributed by atoms with Crippen molar-refractivity contribution >= 4 is 58.5 Å². The Hall–Kier alpha value is -4.31. The molecule has 2 fully saturated rings. The van der Waals surface area contributed by atoms with Crippen LogP contribution in [-0.4, -0.2) is 58.0 Å². The Morgan fingerprint density at radius 2 is 1.91 bits per heavy atom. The van der Waals surface area contributed by atoms with Gasteiger partial charge in [0.25, 0.3) is 0 Å². The van der Waals surface area contributed by atoms with Crippen molar-refractivity contribution in [3.63, 3.8) is 0 Å². The van der Waals surface area contributed by atoms with Gasteiger partial charge in [-0.2, -0.15) is 4.98 Å². The van der Waals surface area contributed by atoms with E-state index in [0.717, 1.165) is 65.9 Å². The van der Waals surface area contributed by atoms with Crippen molar-refractivity contribution < 1.29 is 9.59 Å². The molecule has 0 atom stereocenters. The lowest BCUT2D eigenvalue weighted by atomic mass is 9.92. The van der Waals surface area contributed by atoms with Gasteiger partial charge in [0.15, 0.2) is 5.82 Å². The number of nitrogens with zero attached hydrogens (tertiary/aromatic N) is 5. The van der Waals surface area contributed by atoms with Crippen LogP contribution in [0.15, 0.2) is 59.5 Å². The number of hydrogen-bond donors (Lipinski definition) is 3. The lowest BCUT2D eigenvalue weighted by molar-refractivity contribution is -0.128. The summed E-state index contributed by atoms with van der Waals surface area (Å²) >= 11 is 6.39. The lowest BCUT2D eigenvalue weighted by Crippen LogP contribution is -2.40. The minimum absolute atomic E-state index is 0.0151. The number of pyridine rings is 1. The van der Waals surface area contributed by atoms with Crippen LogP contribution in [0.3, 0.4) is 0 Å². The van der Waals surface area contributed by atoms with E-state index in [1.165, 1.54) is 0 Å². The molecule has 2 aromatic heterocycles. The first-order valence-electron chi connectivity index (χ1n) is 14.8. The number of rotatable bonds is 6. The molecule has 3 N–H and O–H groups in total. The van der Waals surface area contributed by atoms with E-state index < -0.39 is 0 Å². The van der Waals surface area contributed by atoms with Gasteiger partial charge in [-0.1, -0.05) is 11.6 Å². The molecule has 2 aliphatic heterocycles. The molecule has 1 saturated carbocycles. The van der Waals surface area contributed by atoms with Gasteiger partial charge in [-0.15, -0.1) is 0 Å². The second-order valence-electron chi connectivity index (χ2n) is 11.4. The summed E-state index contributed by atoms with van der Waals surface area (Å²) in [7, 11) is 1.72. The largest absolute Gasteiger partial charge is 0.339 e. The van der Waals surface area contributed by atoms with E-state index >= 15 is 0 Å². The number of allylic oxidation sites excluding steroid dienone is 1. The number of benzene rings is 1. The van der Waals surface area contributed by atoms with Crippen molar-refractivity contribution in [1.29, 1.82) is 0 Å². The van der Waals surface area contributed by atoms with Crippen molar-refractivity contribution in [3.8, 4) is 0 Å². The summed E-state index contributed by atoms with van der Waals surface area (Å²) in [4.78, 5) is 45.5. The molecule has 6 bridgehead atoms. The summed E-state index contributed by atoms with van der Waals surface area (Å²) < 4.78 is 0. The number of carbonyl (C=O) groups excluding carboxylic acids is 2. The monoisotopic (exact) mass is 598 g/mol. The second kappa shape index (κ2) is 12.9. The Morgan fingerprint density at radius 3 is 2.70 bits per heavy atom. The normalized spacial score (nSPS) is 17.3. The SMILES string of the molecule is CN=C/C=C(/C(=O)N1CCC(CC(=O)Nc2ccc3cc2CCc2cncc(c2)Nc2ncc(Cl)c(n2)N3)CC1)C1CC1. The number of likely N-dealkylation sites (tertiary alicyclic amines) is 1. The number of halogens is 1. The van der Waals surface area contributed by atoms with Crippen molar-refractivity contribution in [1.82, 2.24) is 19.9 Å². The van der Waals surface area contributed by atoms with Gasteiger partial charge in [0.2, 0.25) is 17.8 Å². The molecule has 6 rings (SSSR count). The van der Waals surface area contributed by atoms with Gasteiger partial charge in [0.1, 0.15) is 5.02 Å². The number of aliphatic imine (C=N–C) groups is 1. The van der Waals surface area contributed by atoms with Crippen LogP contribution >= 0.6 is 11.6 Å². The maximum atomic E-state index is 13.2. The van der Waals surface area contributed by atoms with Crippen LogP contribution in [0.1, 0.15) is 43.2 Å². The Bertz CT molecular complexity index is 1580. The topological polar surface area (TPSA) is 124 Å². The molecule has 11 heteroatoms. The first-order valence-corrected chi connectivity index (χ1v) is 15.2. The lowest BCUT2D eigenvalue weighted by Gasteiger charge is -2.32. The van der Waals surface area contributed by atoms with Gasteiger partial charge in [0, 0.05) is 55.9 Å². The molecule has 1 saturated heterocycles. The third kappa shape index (κ3) is 7.19. The summed E-state index contributed by atoms with van der Waals surface area (Å²) in [5, 5.41) is 10.0. The summed E-state index contributed by atoms with van der Waals surface area (Å²) in [6, 6.07) is 7.87. The molecule has 1 aromatic carbocycles. The third-order valence-corrected chi connectivity index (χ3v) is 8.44. The van der Waals surface area contributed by atoms with E-state index in [2.05, 4.69) is 35.9 Å². The minimum Gasteiger partial charge on any atom is -0.339 e. The second-order valence-corrected chi connectivity index (χ2v) is 11.8.